The van der Waals surface area contributed by atoms with E-state index in [0.717, 1.165) is 18.2 Å². The van der Waals surface area contributed by atoms with E-state index in [1.807, 2.05) is 43.4 Å². The van der Waals surface area contributed by atoms with E-state index in [2.05, 4.69) is 0 Å². The number of anilines is 1. The van der Waals surface area contributed by atoms with Crippen LogP contribution in [0.5, 0.6) is 0 Å². The number of hydrogen-bond donors (Lipinski definition) is 1. The number of carbonyl (C=O) groups is 1. The molecule has 0 saturated heterocycles. The van der Waals surface area contributed by atoms with Crippen LogP contribution in [0.3, 0.4) is 0 Å². The second-order valence-corrected chi connectivity index (χ2v) is 6.30. The van der Waals surface area contributed by atoms with Crippen molar-refractivity contribution < 1.29 is 18.9 Å². The maximum absolute atomic E-state index is 13.9. The minimum Gasteiger partial charge on any atom is -0.330 e. The van der Waals surface area contributed by atoms with Crippen LogP contribution in [0.1, 0.15) is 31.0 Å². The highest BCUT2D eigenvalue weighted by molar-refractivity contribution is 5.97. The molecule has 0 unspecified atom stereocenters. The van der Waals surface area contributed by atoms with Crippen molar-refractivity contribution in [2.45, 2.75) is 32.4 Å². The van der Waals surface area contributed by atoms with Crippen LogP contribution in [0, 0.1) is 11.6 Å². The Morgan fingerprint density at radius 3 is 2.67 bits per heavy atom. The largest absolute Gasteiger partial charge is 0.330 e. The number of hydrogen-bond acceptors (Lipinski definition) is 1. The van der Waals surface area contributed by atoms with Gasteiger partial charge in [0.15, 0.2) is 6.04 Å². The lowest BCUT2D eigenvalue weighted by molar-refractivity contribution is -0.710. The fourth-order valence-corrected chi connectivity index (χ4v) is 3.30. The summed E-state index contributed by atoms with van der Waals surface area (Å²) in [5.74, 6) is -1.17. The van der Waals surface area contributed by atoms with E-state index >= 15 is 0 Å². The molecule has 2 atom stereocenters. The first kappa shape index (κ1) is 16.6. The summed E-state index contributed by atoms with van der Waals surface area (Å²) in [5, 5.41) is 1.82. The molecule has 0 saturated carbocycles. The molecular formula is C19H21F2N2O+. The van der Waals surface area contributed by atoms with Crippen LogP contribution in [0.25, 0.3) is 0 Å². The van der Waals surface area contributed by atoms with Gasteiger partial charge in [0.2, 0.25) is 0 Å². The predicted molar refractivity (Wildman–Crippen MR) is 88.7 cm³/mol. The molecule has 0 fully saturated rings. The zero-order chi connectivity index (χ0) is 17.3. The van der Waals surface area contributed by atoms with Crippen LogP contribution in [-0.2, 0) is 11.2 Å². The van der Waals surface area contributed by atoms with Crippen molar-refractivity contribution in [3.05, 3.63) is 65.2 Å². The zero-order valence-corrected chi connectivity index (χ0v) is 13.8. The number of amides is 1. The van der Waals surface area contributed by atoms with Crippen LogP contribution in [0.2, 0.25) is 0 Å². The van der Waals surface area contributed by atoms with Crippen LogP contribution in [-0.4, -0.2) is 18.5 Å². The van der Waals surface area contributed by atoms with Crippen LogP contribution in [0.4, 0.5) is 14.5 Å². The predicted octanol–water partition coefficient (Wildman–Crippen LogP) is 2.57. The number of quaternary nitrogens is 1. The molecule has 24 heavy (non-hydrogen) atoms. The number of nitrogens with two attached hydrogens (primary N) is 1. The van der Waals surface area contributed by atoms with Crippen molar-refractivity contribution in [2.24, 2.45) is 0 Å². The number of para-hydroxylation sites is 1. The molecule has 2 aromatic carbocycles. The highest BCUT2D eigenvalue weighted by Crippen LogP contribution is 2.27. The lowest BCUT2D eigenvalue weighted by Gasteiger charge is -2.23. The third-order valence-electron chi connectivity index (χ3n) is 4.57. The molecule has 2 aromatic rings. The van der Waals surface area contributed by atoms with Gasteiger partial charge in [-0.05, 0) is 44.0 Å². The maximum atomic E-state index is 13.9. The molecule has 0 aliphatic carbocycles. The van der Waals surface area contributed by atoms with Gasteiger partial charge < -0.3 is 10.2 Å². The molecular weight excluding hydrogens is 310 g/mol. The molecule has 126 valence electrons. The second kappa shape index (κ2) is 6.69. The van der Waals surface area contributed by atoms with Crippen molar-refractivity contribution in [1.82, 2.24) is 0 Å². The third-order valence-corrected chi connectivity index (χ3v) is 4.57. The molecule has 1 amide bonds. The lowest BCUT2D eigenvalue weighted by Crippen LogP contribution is -2.92. The molecule has 5 heteroatoms. The highest BCUT2D eigenvalue weighted by Gasteiger charge is 2.31. The number of fused-ring (bicyclic) bond motifs is 1. The van der Waals surface area contributed by atoms with E-state index in [1.165, 1.54) is 17.7 Å². The summed E-state index contributed by atoms with van der Waals surface area (Å²) in [6.07, 6.45) is 0.858. The third kappa shape index (κ3) is 3.17. The highest BCUT2D eigenvalue weighted by atomic mass is 19.1. The molecule has 0 radical (unpaired) electrons. The Hall–Kier alpha value is -2.27. The van der Waals surface area contributed by atoms with Gasteiger partial charge in [-0.1, -0.05) is 18.2 Å². The Balaban J connectivity index is 1.71. The Morgan fingerprint density at radius 2 is 1.92 bits per heavy atom. The second-order valence-electron chi connectivity index (χ2n) is 6.30. The topological polar surface area (TPSA) is 36.9 Å². The molecule has 0 aromatic heterocycles. The van der Waals surface area contributed by atoms with E-state index in [0.29, 0.717) is 12.1 Å². The van der Waals surface area contributed by atoms with Gasteiger partial charge in [-0.25, -0.2) is 8.78 Å². The standard InChI is InChI=1S/C19H20F2N2O/c1-12(16-8-7-15(20)11-17(16)21)22-13(2)19(24)23-10-9-14-5-3-4-6-18(14)23/h3-8,11-13,22H,9-10H2,1-2H3/p+1/t12-,13+/m0/s1. The summed E-state index contributed by atoms with van der Waals surface area (Å²) in [7, 11) is 0. The summed E-state index contributed by atoms with van der Waals surface area (Å²) < 4.78 is 26.9. The van der Waals surface area contributed by atoms with Gasteiger partial charge >= 0.3 is 0 Å². The molecule has 2 N–H and O–H groups in total. The normalized spacial score (nSPS) is 15.9. The summed E-state index contributed by atoms with van der Waals surface area (Å²) in [4.78, 5) is 14.6. The first-order valence-corrected chi connectivity index (χ1v) is 8.16. The van der Waals surface area contributed by atoms with Gasteiger partial charge in [0.05, 0.1) is 0 Å². The molecule has 1 aliphatic heterocycles. The molecule has 1 aliphatic rings. The van der Waals surface area contributed by atoms with E-state index in [4.69, 9.17) is 0 Å². The van der Waals surface area contributed by atoms with E-state index < -0.39 is 11.6 Å². The fourth-order valence-electron chi connectivity index (χ4n) is 3.30. The Morgan fingerprint density at radius 1 is 1.17 bits per heavy atom. The zero-order valence-electron chi connectivity index (χ0n) is 13.8. The minimum absolute atomic E-state index is 0.00863. The SMILES string of the molecule is C[C@H]([NH2+][C@H](C)C(=O)N1CCc2ccccc21)c1ccc(F)cc1F. The van der Waals surface area contributed by atoms with Crippen LogP contribution < -0.4 is 10.2 Å². The number of halogens is 2. The van der Waals surface area contributed by atoms with Gasteiger partial charge in [-0.2, -0.15) is 0 Å². The smallest absolute Gasteiger partial charge is 0.284 e. The van der Waals surface area contributed by atoms with E-state index in [1.54, 1.807) is 4.90 Å². The maximum Gasteiger partial charge on any atom is 0.284 e. The van der Waals surface area contributed by atoms with Crippen molar-refractivity contribution in [1.29, 1.82) is 0 Å². The Kier molecular flexibility index (Phi) is 4.62. The number of carbonyl (C=O) groups excluding carboxylic acids is 1. The van der Waals surface area contributed by atoms with Gasteiger partial charge in [-0.3, -0.25) is 4.79 Å². The van der Waals surface area contributed by atoms with Gasteiger partial charge in [0, 0.05) is 23.9 Å². The molecule has 0 bridgehead atoms. The lowest BCUT2D eigenvalue weighted by atomic mass is 10.1. The van der Waals surface area contributed by atoms with Gasteiger partial charge in [0.25, 0.3) is 5.91 Å². The van der Waals surface area contributed by atoms with Crippen molar-refractivity contribution in [3.8, 4) is 0 Å². The van der Waals surface area contributed by atoms with Crippen molar-refractivity contribution >= 4 is 11.6 Å². The average molecular weight is 331 g/mol. The molecule has 3 nitrogen and oxygen atoms in total. The minimum atomic E-state index is -0.596. The van der Waals surface area contributed by atoms with Crippen molar-refractivity contribution in [2.75, 3.05) is 11.4 Å². The van der Waals surface area contributed by atoms with Gasteiger partial charge in [-0.15, -0.1) is 0 Å². The molecule has 1 heterocycles. The Labute approximate surface area is 140 Å². The fraction of sp³-hybridized carbons (Fsp3) is 0.316. The first-order chi connectivity index (χ1) is 11.5. The van der Waals surface area contributed by atoms with Crippen LogP contribution in [0.15, 0.2) is 42.5 Å². The van der Waals surface area contributed by atoms with E-state index in [-0.39, 0.29) is 18.0 Å². The number of nitrogens with zero attached hydrogens (tertiary/aromatic N) is 1. The molecule has 3 rings (SSSR count). The van der Waals surface area contributed by atoms with Crippen molar-refractivity contribution in [3.63, 3.8) is 0 Å². The number of rotatable bonds is 4. The molecule has 0 spiro atoms. The van der Waals surface area contributed by atoms with Crippen LogP contribution >= 0.6 is 0 Å². The summed E-state index contributed by atoms with van der Waals surface area (Å²) in [6.45, 7) is 4.31. The first-order valence-electron chi connectivity index (χ1n) is 8.16. The summed E-state index contributed by atoms with van der Waals surface area (Å²) in [5.41, 5.74) is 2.54. The average Bonchev–Trinajstić information content (AvgIpc) is 2.97. The monoisotopic (exact) mass is 331 g/mol. The quantitative estimate of drug-likeness (QED) is 0.918. The summed E-state index contributed by atoms with van der Waals surface area (Å²) in [6, 6.07) is 10.8. The van der Waals surface area contributed by atoms with E-state index in [9.17, 15) is 13.6 Å². The van der Waals surface area contributed by atoms with Gasteiger partial charge in [0.1, 0.15) is 17.7 Å². The summed E-state index contributed by atoms with van der Waals surface area (Å²) >= 11 is 0. The Bertz CT molecular complexity index is 763. The number of benzene rings is 2.